The Morgan fingerprint density at radius 1 is 0.969 bits per heavy atom. The van der Waals surface area contributed by atoms with E-state index in [1.165, 1.54) is 12.1 Å². The van der Waals surface area contributed by atoms with Crippen LogP contribution in [0.1, 0.15) is 22.8 Å². The van der Waals surface area contributed by atoms with Crippen LogP contribution in [-0.2, 0) is 16.6 Å². The van der Waals surface area contributed by atoms with Crippen molar-refractivity contribution in [3.63, 3.8) is 0 Å². The summed E-state index contributed by atoms with van der Waals surface area (Å²) in [6, 6.07) is 20.2. The van der Waals surface area contributed by atoms with Crippen LogP contribution in [0, 0.1) is 0 Å². The normalized spacial score (nSPS) is 12.8. The number of benzene rings is 3. The molecule has 1 N–H and O–H groups in total. The van der Waals surface area contributed by atoms with Crippen LogP contribution in [0.5, 0.6) is 11.5 Å². The topological polar surface area (TPSA) is 84.9 Å². The molecule has 0 fully saturated rings. The lowest BCUT2D eigenvalue weighted by Crippen LogP contribution is -2.31. The average molecular weight is 453 g/mol. The van der Waals surface area contributed by atoms with E-state index in [0.29, 0.717) is 49.1 Å². The van der Waals surface area contributed by atoms with Gasteiger partial charge in [-0.05, 0) is 43.3 Å². The second-order valence-electron chi connectivity index (χ2n) is 7.26. The molecule has 32 heavy (non-hydrogen) atoms. The number of amides is 1. The van der Waals surface area contributed by atoms with Gasteiger partial charge >= 0.3 is 0 Å². The van der Waals surface area contributed by atoms with Crippen LogP contribution in [0.2, 0.25) is 0 Å². The number of hydrogen-bond donors (Lipinski definition) is 1. The van der Waals surface area contributed by atoms with Crippen molar-refractivity contribution in [3.8, 4) is 11.5 Å². The highest BCUT2D eigenvalue weighted by atomic mass is 32.2. The third kappa shape index (κ3) is 4.70. The molecule has 1 aliphatic rings. The third-order valence-electron chi connectivity index (χ3n) is 5.09. The Kier molecular flexibility index (Phi) is 6.32. The Morgan fingerprint density at radius 2 is 1.72 bits per heavy atom. The molecule has 0 saturated carbocycles. The van der Waals surface area contributed by atoms with Gasteiger partial charge in [0.1, 0.15) is 13.2 Å². The molecule has 1 heterocycles. The number of nitrogens with zero attached hydrogens (tertiary/aromatic N) is 1. The summed E-state index contributed by atoms with van der Waals surface area (Å²) in [6.07, 6.45) is 0. The highest BCUT2D eigenvalue weighted by Crippen LogP contribution is 2.34. The van der Waals surface area contributed by atoms with Crippen LogP contribution in [-0.4, -0.2) is 39.0 Å². The van der Waals surface area contributed by atoms with Crippen molar-refractivity contribution in [2.75, 3.05) is 24.5 Å². The average Bonchev–Trinajstić information content (AvgIpc) is 2.82. The molecule has 0 unspecified atom stereocenters. The summed E-state index contributed by atoms with van der Waals surface area (Å²) in [5, 5.41) is 0. The molecule has 4 rings (SSSR count). The van der Waals surface area contributed by atoms with Crippen LogP contribution < -0.4 is 14.2 Å². The molecule has 0 atom stereocenters. The molecule has 3 aromatic carbocycles. The summed E-state index contributed by atoms with van der Waals surface area (Å²) in [6.45, 7) is 3.68. The minimum Gasteiger partial charge on any atom is -0.486 e. The number of sulfonamides is 1. The van der Waals surface area contributed by atoms with Gasteiger partial charge < -0.3 is 14.4 Å². The molecule has 0 radical (unpaired) electrons. The zero-order valence-electron chi connectivity index (χ0n) is 17.7. The second kappa shape index (κ2) is 9.32. The van der Waals surface area contributed by atoms with Gasteiger partial charge in [0.05, 0.1) is 4.90 Å². The maximum absolute atomic E-state index is 13.2. The first-order valence-corrected chi connectivity index (χ1v) is 11.8. The van der Waals surface area contributed by atoms with E-state index in [1.807, 2.05) is 25.1 Å². The van der Waals surface area contributed by atoms with Crippen LogP contribution in [0.25, 0.3) is 0 Å². The highest BCUT2D eigenvalue weighted by molar-refractivity contribution is 7.92. The van der Waals surface area contributed by atoms with Crippen LogP contribution in [0.3, 0.4) is 0 Å². The standard InChI is InChI=1S/C24H24N2O5S/c1-2-26(17-19-9-7-13-22-23(19)31-15-14-30-22)24(27)18-8-6-10-20(16-18)25-32(28,29)21-11-4-3-5-12-21/h3-13,16,25H,2,14-15,17H2,1H3. The van der Waals surface area contributed by atoms with E-state index in [4.69, 9.17) is 9.47 Å². The number of carbonyl (C=O) groups excluding carboxylic acids is 1. The molecule has 0 aromatic heterocycles. The number of nitrogens with one attached hydrogen (secondary N) is 1. The lowest BCUT2D eigenvalue weighted by molar-refractivity contribution is 0.0749. The van der Waals surface area contributed by atoms with Crippen molar-refractivity contribution in [2.45, 2.75) is 18.4 Å². The molecular weight excluding hydrogens is 428 g/mol. The number of fused-ring (bicyclic) bond motifs is 1. The maximum Gasteiger partial charge on any atom is 0.261 e. The number of hydrogen-bond acceptors (Lipinski definition) is 5. The molecule has 0 spiro atoms. The Balaban J connectivity index is 1.54. The lowest BCUT2D eigenvalue weighted by Gasteiger charge is -2.25. The number of ether oxygens (including phenoxy) is 2. The van der Waals surface area contributed by atoms with Gasteiger partial charge in [-0.15, -0.1) is 0 Å². The van der Waals surface area contributed by atoms with Gasteiger partial charge in [-0.1, -0.05) is 36.4 Å². The maximum atomic E-state index is 13.2. The van der Waals surface area contributed by atoms with Crippen molar-refractivity contribution >= 4 is 21.6 Å². The first-order valence-electron chi connectivity index (χ1n) is 10.3. The van der Waals surface area contributed by atoms with Crippen molar-refractivity contribution < 1.29 is 22.7 Å². The van der Waals surface area contributed by atoms with E-state index in [9.17, 15) is 13.2 Å². The zero-order chi connectivity index (χ0) is 22.6. The Hall–Kier alpha value is -3.52. The van der Waals surface area contributed by atoms with E-state index in [1.54, 1.807) is 47.4 Å². The van der Waals surface area contributed by atoms with Crippen LogP contribution >= 0.6 is 0 Å². The molecule has 166 valence electrons. The third-order valence-corrected chi connectivity index (χ3v) is 6.49. The summed E-state index contributed by atoms with van der Waals surface area (Å²) in [7, 11) is -3.75. The van der Waals surface area contributed by atoms with Gasteiger partial charge in [0.15, 0.2) is 11.5 Å². The molecule has 8 heteroatoms. The number of anilines is 1. The zero-order valence-corrected chi connectivity index (χ0v) is 18.5. The first kappa shape index (κ1) is 21.7. The van der Waals surface area contributed by atoms with Gasteiger partial charge in [0, 0.05) is 29.9 Å². The Bertz CT molecular complexity index is 1210. The Labute approximate surface area is 187 Å². The van der Waals surface area contributed by atoms with Crippen LogP contribution in [0.4, 0.5) is 5.69 Å². The van der Waals surface area contributed by atoms with Gasteiger partial charge in [-0.3, -0.25) is 9.52 Å². The first-order chi connectivity index (χ1) is 15.5. The van der Waals surface area contributed by atoms with Crippen molar-refractivity contribution in [3.05, 3.63) is 83.9 Å². The molecule has 1 amide bonds. The summed E-state index contributed by atoms with van der Waals surface area (Å²) in [5.41, 5.74) is 1.57. The predicted molar refractivity (Wildman–Crippen MR) is 122 cm³/mol. The van der Waals surface area contributed by atoms with E-state index < -0.39 is 10.0 Å². The number of carbonyl (C=O) groups is 1. The number of rotatable bonds is 7. The quantitative estimate of drug-likeness (QED) is 0.587. The van der Waals surface area contributed by atoms with Gasteiger partial charge in [-0.25, -0.2) is 8.42 Å². The largest absolute Gasteiger partial charge is 0.486 e. The SMILES string of the molecule is CCN(Cc1cccc2c1OCCO2)C(=O)c1cccc(NS(=O)(=O)c2ccccc2)c1. The fourth-order valence-electron chi connectivity index (χ4n) is 3.50. The summed E-state index contributed by atoms with van der Waals surface area (Å²) < 4.78 is 39.2. The van der Waals surface area contributed by atoms with E-state index in [2.05, 4.69) is 4.72 Å². The van der Waals surface area contributed by atoms with Crippen molar-refractivity contribution in [1.29, 1.82) is 0 Å². The molecule has 0 aliphatic carbocycles. The second-order valence-corrected chi connectivity index (χ2v) is 8.94. The molecule has 3 aromatic rings. The van der Waals surface area contributed by atoms with E-state index in [-0.39, 0.29) is 10.8 Å². The van der Waals surface area contributed by atoms with Crippen molar-refractivity contribution in [2.24, 2.45) is 0 Å². The smallest absolute Gasteiger partial charge is 0.261 e. The highest BCUT2D eigenvalue weighted by Gasteiger charge is 2.21. The molecule has 1 aliphatic heterocycles. The molecular formula is C24H24N2O5S. The van der Waals surface area contributed by atoms with Crippen LogP contribution in [0.15, 0.2) is 77.7 Å². The summed E-state index contributed by atoms with van der Waals surface area (Å²) >= 11 is 0. The summed E-state index contributed by atoms with van der Waals surface area (Å²) in [5.74, 6) is 1.13. The van der Waals surface area contributed by atoms with E-state index in [0.717, 1.165) is 5.56 Å². The van der Waals surface area contributed by atoms with E-state index >= 15 is 0 Å². The lowest BCUT2D eigenvalue weighted by atomic mass is 10.1. The minimum atomic E-state index is -3.75. The molecule has 0 bridgehead atoms. The predicted octanol–water partition coefficient (Wildman–Crippen LogP) is 3.92. The monoisotopic (exact) mass is 452 g/mol. The summed E-state index contributed by atoms with van der Waals surface area (Å²) in [4.78, 5) is 15.0. The minimum absolute atomic E-state index is 0.156. The fraction of sp³-hybridized carbons (Fsp3) is 0.208. The van der Waals surface area contributed by atoms with Gasteiger partial charge in [0.25, 0.3) is 15.9 Å². The van der Waals surface area contributed by atoms with Crippen molar-refractivity contribution in [1.82, 2.24) is 4.90 Å². The Morgan fingerprint density at radius 3 is 2.50 bits per heavy atom. The van der Waals surface area contributed by atoms with Gasteiger partial charge in [0.2, 0.25) is 0 Å². The number of para-hydroxylation sites is 1. The fourth-order valence-corrected chi connectivity index (χ4v) is 4.57. The molecule has 7 nitrogen and oxygen atoms in total. The molecule has 0 saturated heterocycles. The van der Waals surface area contributed by atoms with Gasteiger partial charge in [-0.2, -0.15) is 0 Å².